The Kier molecular flexibility index (Phi) is 7.21. The summed E-state index contributed by atoms with van der Waals surface area (Å²) >= 11 is 3.21. The average Bonchev–Trinajstić information content (AvgIpc) is 2.30. The Morgan fingerprint density at radius 1 is 1.29 bits per heavy atom. The average molecular weight is 304 g/mol. The largest absolute Gasteiger partial charge is 0.491 e. The fraction of sp³-hybridized carbons (Fsp3) is 0.538. The van der Waals surface area contributed by atoms with Gasteiger partial charge in [0, 0.05) is 4.47 Å². The smallest absolute Gasteiger partial charge is 0.166 e. The lowest BCUT2D eigenvalue weighted by atomic mass is 10.2. The Morgan fingerprint density at radius 3 is 2.82 bits per heavy atom. The summed E-state index contributed by atoms with van der Waals surface area (Å²) in [6.07, 6.45) is 3.20. The SMILES string of the molecule is CCNCCCCCOc1ccc(Br)cc1F. The molecule has 0 radical (unpaired) electrons. The van der Waals surface area contributed by atoms with Gasteiger partial charge in [0.2, 0.25) is 0 Å². The molecule has 4 heteroatoms. The second-order valence-electron chi connectivity index (χ2n) is 3.84. The first-order valence-corrected chi connectivity index (χ1v) is 6.82. The summed E-state index contributed by atoms with van der Waals surface area (Å²) in [6, 6.07) is 4.85. The predicted octanol–water partition coefficient (Wildman–Crippen LogP) is 3.75. The van der Waals surface area contributed by atoms with Gasteiger partial charge in [-0.3, -0.25) is 0 Å². The van der Waals surface area contributed by atoms with Crippen molar-refractivity contribution in [2.24, 2.45) is 0 Å². The lowest BCUT2D eigenvalue weighted by Crippen LogP contribution is -2.14. The minimum atomic E-state index is -0.313. The van der Waals surface area contributed by atoms with Crippen molar-refractivity contribution in [2.75, 3.05) is 19.7 Å². The van der Waals surface area contributed by atoms with Crippen molar-refractivity contribution in [3.63, 3.8) is 0 Å². The topological polar surface area (TPSA) is 21.3 Å². The highest BCUT2D eigenvalue weighted by molar-refractivity contribution is 9.10. The lowest BCUT2D eigenvalue weighted by molar-refractivity contribution is 0.290. The quantitative estimate of drug-likeness (QED) is 0.739. The van der Waals surface area contributed by atoms with Gasteiger partial charge in [0.1, 0.15) is 0 Å². The molecule has 0 amide bonds. The maximum atomic E-state index is 13.4. The van der Waals surface area contributed by atoms with Crippen molar-refractivity contribution >= 4 is 15.9 Å². The number of benzene rings is 1. The first-order valence-electron chi connectivity index (χ1n) is 6.02. The van der Waals surface area contributed by atoms with E-state index >= 15 is 0 Å². The normalized spacial score (nSPS) is 10.5. The van der Waals surface area contributed by atoms with Gasteiger partial charge in [-0.25, -0.2) is 4.39 Å². The molecule has 0 aliphatic rings. The molecule has 0 atom stereocenters. The molecule has 96 valence electrons. The molecule has 0 aliphatic heterocycles. The van der Waals surface area contributed by atoms with Crippen LogP contribution >= 0.6 is 15.9 Å². The molecule has 1 aromatic carbocycles. The van der Waals surface area contributed by atoms with Gasteiger partial charge in [-0.05, 0) is 50.6 Å². The van der Waals surface area contributed by atoms with Gasteiger partial charge in [0.25, 0.3) is 0 Å². The first-order chi connectivity index (χ1) is 8.24. The summed E-state index contributed by atoms with van der Waals surface area (Å²) in [7, 11) is 0. The standard InChI is InChI=1S/C13H19BrFNO/c1-2-16-8-4-3-5-9-17-13-7-6-11(14)10-12(13)15/h6-7,10,16H,2-5,8-9H2,1H3. The van der Waals surface area contributed by atoms with Gasteiger partial charge in [-0.1, -0.05) is 22.9 Å². The highest BCUT2D eigenvalue weighted by atomic mass is 79.9. The molecule has 0 saturated heterocycles. The first kappa shape index (κ1) is 14.5. The Hall–Kier alpha value is -0.610. The van der Waals surface area contributed by atoms with Crippen molar-refractivity contribution in [3.8, 4) is 5.75 Å². The summed E-state index contributed by atoms with van der Waals surface area (Å²) in [5, 5.41) is 3.27. The molecule has 0 aromatic heterocycles. The molecule has 2 nitrogen and oxygen atoms in total. The second kappa shape index (κ2) is 8.48. The van der Waals surface area contributed by atoms with Crippen molar-refractivity contribution < 1.29 is 9.13 Å². The van der Waals surface area contributed by atoms with E-state index in [2.05, 4.69) is 28.2 Å². The molecule has 0 spiro atoms. The molecule has 0 bridgehead atoms. The van der Waals surface area contributed by atoms with Crippen LogP contribution in [0.2, 0.25) is 0 Å². The van der Waals surface area contributed by atoms with E-state index in [-0.39, 0.29) is 5.82 Å². The lowest BCUT2D eigenvalue weighted by Gasteiger charge is -2.07. The minimum absolute atomic E-state index is 0.313. The summed E-state index contributed by atoms with van der Waals surface area (Å²) in [5.41, 5.74) is 0. The highest BCUT2D eigenvalue weighted by Crippen LogP contribution is 2.21. The predicted molar refractivity (Wildman–Crippen MR) is 72.0 cm³/mol. The number of halogens is 2. The van der Waals surface area contributed by atoms with E-state index in [1.807, 2.05) is 0 Å². The molecule has 0 unspecified atom stereocenters. The minimum Gasteiger partial charge on any atom is -0.491 e. The van der Waals surface area contributed by atoms with Crippen LogP contribution in [0.4, 0.5) is 4.39 Å². The molecule has 0 heterocycles. The molecule has 0 saturated carbocycles. The van der Waals surface area contributed by atoms with E-state index in [0.717, 1.165) is 36.8 Å². The van der Waals surface area contributed by atoms with Gasteiger partial charge < -0.3 is 10.1 Å². The zero-order valence-electron chi connectivity index (χ0n) is 10.1. The zero-order valence-corrected chi connectivity index (χ0v) is 11.7. The van der Waals surface area contributed by atoms with Crippen molar-refractivity contribution in [3.05, 3.63) is 28.5 Å². The van der Waals surface area contributed by atoms with Crippen LogP contribution in [-0.4, -0.2) is 19.7 Å². The Morgan fingerprint density at radius 2 is 2.12 bits per heavy atom. The summed E-state index contributed by atoms with van der Waals surface area (Å²) in [4.78, 5) is 0. The van der Waals surface area contributed by atoms with Crippen LogP contribution in [0.1, 0.15) is 26.2 Å². The molecule has 1 rings (SSSR count). The third kappa shape index (κ3) is 6.03. The van der Waals surface area contributed by atoms with Gasteiger partial charge in [0.15, 0.2) is 11.6 Å². The van der Waals surface area contributed by atoms with E-state index < -0.39 is 0 Å². The number of unbranched alkanes of at least 4 members (excludes halogenated alkanes) is 2. The molecule has 1 N–H and O–H groups in total. The molecular formula is C13H19BrFNO. The Labute approximate surface area is 111 Å². The Balaban J connectivity index is 2.14. The molecule has 0 fully saturated rings. The number of ether oxygens (including phenoxy) is 1. The molecular weight excluding hydrogens is 285 g/mol. The van der Waals surface area contributed by atoms with Crippen molar-refractivity contribution in [1.29, 1.82) is 0 Å². The number of rotatable bonds is 8. The van der Waals surface area contributed by atoms with Gasteiger partial charge >= 0.3 is 0 Å². The summed E-state index contributed by atoms with van der Waals surface area (Å²) < 4.78 is 19.5. The van der Waals surface area contributed by atoms with E-state index in [1.54, 1.807) is 12.1 Å². The van der Waals surface area contributed by atoms with Gasteiger partial charge in [0.05, 0.1) is 6.61 Å². The van der Waals surface area contributed by atoms with Crippen LogP contribution in [0.3, 0.4) is 0 Å². The van der Waals surface area contributed by atoms with Crippen LogP contribution in [0.15, 0.2) is 22.7 Å². The van der Waals surface area contributed by atoms with Crippen LogP contribution in [0, 0.1) is 5.82 Å². The molecule has 17 heavy (non-hydrogen) atoms. The molecule has 0 aliphatic carbocycles. The maximum Gasteiger partial charge on any atom is 0.166 e. The van der Waals surface area contributed by atoms with E-state index in [9.17, 15) is 4.39 Å². The fourth-order valence-corrected chi connectivity index (χ4v) is 1.81. The molecule has 1 aromatic rings. The van der Waals surface area contributed by atoms with Crippen LogP contribution in [0.25, 0.3) is 0 Å². The van der Waals surface area contributed by atoms with E-state index in [4.69, 9.17) is 4.74 Å². The fourth-order valence-electron chi connectivity index (χ4n) is 1.48. The van der Waals surface area contributed by atoms with Crippen LogP contribution in [-0.2, 0) is 0 Å². The monoisotopic (exact) mass is 303 g/mol. The van der Waals surface area contributed by atoms with Gasteiger partial charge in [-0.15, -0.1) is 0 Å². The highest BCUT2D eigenvalue weighted by Gasteiger charge is 2.03. The zero-order chi connectivity index (χ0) is 12.5. The third-order valence-electron chi connectivity index (χ3n) is 2.40. The van der Waals surface area contributed by atoms with Crippen molar-refractivity contribution in [1.82, 2.24) is 5.32 Å². The third-order valence-corrected chi connectivity index (χ3v) is 2.89. The summed E-state index contributed by atoms with van der Waals surface area (Å²) in [6.45, 7) is 4.73. The van der Waals surface area contributed by atoms with Crippen molar-refractivity contribution in [2.45, 2.75) is 26.2 Å². The number of hydrogen-bond acceptors (Lipinski definition) is 2. The number of nitrogens with one attached hydrogen (secondary N) is 1. The van der Waals surface area contributed by atoms with Gasteiger partial charge in [-0.2, -0.15) is 0 Å². The maximum absolute atomic E-state index is 13.4. The second-order valence-corrected chi connectivity index (χ2v) is 4.75. The van der Waals surface area contributed by atoms with E-state index in [1.165, 1.54) is 6.07 Å². The Bertz CT molecular complexity index is 333. The van der Waals surface area contributed by atoms with Crippen LogP contribution < -0.4 is 10.1 Å². The van der Waals surface area contributed by atoms with Crippen LogP contribution in [0.5, 0.6) is 5.75 Å². The summed E-state index contributed by atoms with van der Waals surface area (Å²) in [5.74, 6) is 0.0203. The number of hydrogen-bond donors (Lipinski definition) is 1. The van der Waals surface area contributed by atoms with E-state index in [0.29, 0.717) is 12.4 Å².